The molecule has 1 aromatic heterocycles. The molecule has 0 unspecified atom stereocenters. The van der Waals surface area contributed by atoms with Crippen molar-refractivity contribution in [3.8, 4) is 5.75 Å². The van der Waals surface area contributed by atoms with E-state index in [1.165, 1.54) is 12.8 Å². The first-order chi connectivity index (χ1) is 14.1. The number of fused-ring (bicyclic) bond motifs is 4. The highest BCUT2D eigenvalue weighted by molar-refractivity contribution is 5.83. The van der Waals surface area contributed by atoms with E-state index in [4.69, 9.17) is 9.47 Å². The molecule has 5 nitrogen and oxygen atoms in total. The Morgan fingerprint density at radius 2 is 2.00 bits per heavy atom. The molecule has 3 aliphatic rings. The molecule has 160 valence electrons. The number of hydrogen-bond acceptors (Lipinski definition) is 5. The Morgan fingerprint density at radius 1 is 1.21 bits per heavy atom. The van der Waals surface area contributed by atoms with E-state index in [2.05, 4.69) is 16.8 Å². The van der Waals surface area contributed by atoms with E-state index in [1.54, 1.807) is 13.3 Å². The molecular weight excluding hydrogens is 364 g/mol. The van der Waals surface area contributed by atoms with Crippen LogP contribution in [0.25, 0.3) is 10.9 Å². The van der Waals surface area contributed by atoms with Crippen molar-refractivity contribution in [3.63, 3.8) is 0 Å². The number of ether oxygens (including phenoxy) is 2. The van der Waals surface area contributed by atoms with Crippen LogP contribution >= 0.6 is 0 Å². The van der Waals surface area contributed by atoms with Crippen molar-refractivity contribution in [3.05, 3.63) is 36.0 Å². The maximum absolute atomic E-state index is 11.2. The number of piperidine rings is 3. The van der Waals surface area contributed by atoms with Gasteiger partial charge < -0.3 is 14.6 Å². The van der Waals surface area contributed by atoms with E-state index >= 15 is 0 Å². The lowest BCUT2D eigenvalue weighted by Crippen LogP contribution is -2.55. The van der Waals surface area contributed by atoms with E-state index in [0.29, 0.717) is 0 Å². The SMILES string of the molecule is CCOCC.CC[C@H]1C[N@]2CC[C@H]1C[C@@H]2[C@@H](O)c1ccnc2ccc(OC)cc12. The fourth-order valence-electron chi connectivity index (χ4n) is 4.91. The summed E-state index contributed by atoms with van der Waals surface area (Å²) in [7, 11) is 1.67. The Bertz CT molecular complexity index is 780. The van der Waals surface area contributed by atoms with Crippen LogP contribution in [0, 0.1) is 11.8 Å². The maximum Gasteiger partial charge on any atom is 0.119 e. The first kappa shape index (κ1) is 22.0. The van der Waals surface area contributed by atoms with Gasteiger partial charge in [0.05, 0.1) is 18.7 Å². The third-order valence-corrected chi connectivity index (χ3v) is 6.53. The number of aliphatic hydroxyl groups excluding tert-OH is 1. The molecule has 2 bridgehead atoms. The molecule has 0 radical (unpaired) electrons. The predicted octanol–water partition coefficient (Wildman–Crippen LogP) is 4.44. The number of rotatable bonds is 6. The Morgan fingerprint density at radius 3 is 2.59 bits per heavy atom. The van der Waals surface area contributed by atoms with Crippen LogP contribution in [0.5, 0.6) is 5.75 Å². The summed E-state index contributed by atoms with van der Waals surface area (Å²) in [5.41, 5.74) is 1.89. The predicted molar refractivity (Wildman–Crippen MR) is 117 cm³/mol. The van der Waals surface area contributed by atoms with E-state index in [-0.39, 0.29) is 6.04 Å². The molecule has 3 aliphatic heterocycles. The van der Waals surface area contributed by atoms with Crippen molar-refractivity contribution in [2.24, 2.45) is 11.8 Å². The molecule has 3 fully saturated rings. The van der Waals surface area contributed by atoms with Gasteiger partial charge in [0.15, 0.2) is 0 Å². The smallest absolute Gasteiger partial charge is 0.119 e. The van der Waals surface area contributed by atoms with Gasteiger partial charge in [-0.15, -0.1) is 0 Å². The lowest BCUT2D eigenvalue weighted by Gasteiger charge is -2.51. The summed E-state index contributed by atoms with van der Waals surface area (Å²) in [6.45, 7) is 10.2. The standard InChI is InChI=1S/C20H26N2O2.C4H10O/c1-3-13-12-22-9-7-14(13)10-19(22)20(23)16-6-8-21-18-5-4-15(24-2)11-17(16)18;1-3-5-4-2/h4-6,8,11,13-14,19-20,23H,3,7,9-10,12H2,1-2H3;3-4H2,1-2H3/t13-,14-,19+,20-;/m0./s1. The number of aliphatic hydroxyl groups is 1. The third-order valence-electron chi connectivity index (χ3n) is 6.53. The van der Waals surface area contributed by atoms with E-state index < -0.39 is 6.10 Å². The number of nitrogens with zero attached hydrogens (tertiary/aromatic N) is 2. The van der Waals surface area contributed by atoms with Gasteiger partial charge >= 0.3 is 0 Å². The van der Waals surface area contributed by atoms with E-state index in [1.807, 2.05) is 38.1 Å². The Kier molecular flexibility index (Phi) is 7.87. The molecular formula is C24H36N2O3. The van der Waals surface area contributed by atoms with Crippen LogP contribution in [0.1, 0.15) is 51.7 Å². The van der Waals surface area contributed by atoms with Gasteiger partial charge in [0.2, 0.25) is 0 Å². The second-order valence-electron chi connectivity index (χ2n) is 8.02. The summed E-state index contributed by atoms with van der Waals surface area (Å²) in [4.78, 5) is 6.94. The molecule has 0 saturated carbocycles. The van der Waals surface area contributed by atoms with Crippen molar-refractivity contribution in [2.45, 2.75) is 52.2 Å². The molecule has 3 saturated heterocycles. The molecule has 2 aromatic rings. The van der Waals surface area contributed by atoms with E-state index in [9.17, 15) is 5.11 Å². The minimum Gasteiger partial charge on any atom is -0.497 e. The average Bonchev–Trinajstić information content (AvgIpc) is 2.78. The maximum atomic E-state index is 11.2. The summed E-state index contributed by atoms with van der Waals surface area (Å²) in [5.74, 6) is 2.37. The normalized spacial score (nSPS) is 26.7. The summed E-state index contributed by atoms with van der Waals surface area (Å²) in [5, 5.41) is 12.2. The highest BCUT2D eigenvalue weighted by atomic mass is 16.5. The topological polar surface area (TPSA) is 54.8 Å². The zero-order valence-corrected chi connectivity index (χ0v) is 18.3. The Balaban J connectivity index is 0.000000431. The zero-order valence-electron chi connectivity index (χ0n) is 18.3. The van der Waals surface area contributed by atoms with Crippen LogP contribution in [0.3, 0.4) is 0 Å². The first-order valence-electron chi connectivity index (χ1n) is 11.0. The number of methoxy groups -OCH3 is 1. The van der Waals surface area contributed by atoms with Crippen molar-refractivity contribution >= 4 is 10.9 Å². The molecule has 5 rings (SSSR count). The van der Waals surface area contributed by atoms with Crippen LogP contribution in [0.2, 0.25) is 0 Å². The van der Waals surface area contributed by atoms with Gasteiger partial charge in [-0.3, -0.25) is 9.88 Å². The zero-order chi connectivity index (χ0) is 20.8. The number of pyridine rings is 1. The first-order valence-corrected chi connectivity index (χ1v) is 11.0. The van der Waals surface area contributed by atoms with Gasteiger partial charge in [-0.25, -0.2) is 0 Å². The minimum absolute atomic E-state index is 0.225. The molecule has 29 heavy (non-hydrogen) atoms. The average molecular weight is 401 g/mol. The fourth-order valence-corrected chi connectivity index (χ4v) is 4.91. The third kappa shape index (κ3) is 4.90. The van der Waals surface area contributed by atoms with Gasteiger partial charge in [0.1, 0.15) is 5.75 Å². The van der Waals surface area contributed by atoms with Crippen LogP contribution < -0.4 is 4.74 Å². The van der Waals surface area contributed by atoms with Crippen molar-refractivity contribution in [1.82, 2.24) is 9.88 Å². The highest BCUT2D eigenvalue weighted by Crippen LogP contribution is 2.42. The quantitative estimate of drug-likeness (QED) is 0.777. The second-order valence-corrected chi connectivity index (χ2v) is 8.02. The van der Waals surface area contributed by atoms with Crippen molar-refractivity contribution in [2.75, 3.05) is 33.4 Å². The Labute approximate surface area is 175 Å². The molecule has 0 aliphatic carbocycles. The van der Waals surface area contributed by atoms with Crippen LogP contribution in [0.15, 0.2) is 30.5 Å². The summed E-state index contributed by atoms with van der Waals surface area (Å²) in [6, 6.07) is 8.07. The van der Waals surface area contributed by atoms with Crippen LogP contribution in [0.4, 0.5) is 0 Å². The summed E-state index contributed by atoms with van der Waals surface area (Å²) < 4.78 is 10.2. The van der Waals surface area contributed by atoms with Gasteiger partial charge in [0, 0.05) is 37.4 Å². The lowest BCUT2D eigenvalue weighted by molar-refractivity contribution is -0.0562. The number of aromatic nitrogens is 1. The Hall–Kier alpha value is -1.69. The van der Waals surface area contributed by atoms with Gasteiger partial charge in [-0.1, -0.05) is 13.3 Å². The molecule has 4 heterocycles. The largest absolute Gasteiger partial charge is 0.497 e. The minimum atomic E-state index is -0.469. The van der Waals surface area contributed by atoms with E-state index in [0.717, 1.165) is 66.8 Å². The highest BCUT2D eigenvalue weighted by Gasteiger charge is 2.42. The molecule has 0 amide bonds. The van der Waals surface area contributed by atoms with Crippen LogP contribution in [-0.4, -0.2) is 54.4 Å². The molecule has 0 spiro atoms. The fraction of sp³-hybridized carbons (Fsp3) is 0.625. The van der Waals surface area contributed by atoms with Crippen molar-refractivity contribution < 1.29 is 14.6 Å². The monoisotopic (exact) mass is 400 g/mol. The van der Waals surface area contributed by atoms with Gasteiger partial charge in [-0.05, 0) is 74.9 Å². The molecule has 1 aromatic carbocycles. The lowest BCUT2D eigenvalue weighted by atomic mass is 9.72. The summed E-state index contributed by atoms with van der Waals surface area (Å²) >= 11 is 0. The molecule has 5 atom stereocenters. The molecule has 1 N–H and O–H groups in total. The van der Waals surface area contributed by atoms with Crippen molar-refractivity contribution in [1.29, 1.82) is 0 Å². The second kappa shape index (κ2) is 10.4. The number of hydrogen-bond donors (Lipinski definition) is 1. The molecule has 5 heteroatoms. The van der Waals surface area contributed by atoms with Gasteiger partial charge in [0.25, 0.3) is 0 Å². The summed E-state index contributed by atoms with van der Waals surface area (Å²) in [6.07, 6.45) is 4.97. The number of benzene rings is 1. The van der Waals surface area contributed by atoms with Crippen LogP contribution in [-0.2, 0) is 4.74 Å². The van der Waals surface area contributed by atoms with Gasteiger partial charge in [-0.2, -0.15) is 0 Å².